The third-order valence-electron chi connectivity index (χ3n) is 5.82. The van der Waals surface area contributed by atoms with Crippen LogP contribution in [0.2, 0.25) is 0 Å². The normalized spacial score (nSPS) is 33.8. The fourth-order valence-electron chi connectivity index (χ4n) is 3.90. The zero-order chi connectivity index (χ0) is 15.1. The molecule has 0 unspecified atom stereocenters. The summed E-state index contributed by atoms with van der Waals surface area (Å²) in [5, 5.41) is 0. The highest BCUT2D eigenvalue weighted by Gasteiger charge is 2.62. The minimum atomic E-state index is -0.554. The Morgan fingerprint density at radius 2 is 1.95 bits per heavy atom. The minimum Gasteiger partial charge on any atom is -0.466 e. The molecule has 4 heteroatoms. The van der Waals surface area contributed by atoms with Crippen molar-refractivity contribution < 1.29 is 19.1 Å². The molecule has 0 aromatic rings. The molecule has 0 amide bonds. The predicted octanol–water partition coefficient (Wildman–Crippen LogP) is 2.86. The van der Waals surface area contributed by atoms with E-state index >= 15 is 0 Å². The van der Waals surface area contributed by atoms with Crippen molar-refractivity contribution in [2.24, 2.45) is 16.7 Å². The van der Waals surface area contributed by atoms with E-state index in [-0.39, 0.29) is 34.9 Å². The predicted molar refractivity (Wildman–Crippen MR) is 74.9 cm³/mol. The lowest BCUT2D eigenvalue weighted by atomic mass is 9.70. The summed E-state index contributed by atoms with van der Waals surface area (Å²) in [4.78, 5) is 23.2. The molecule has 3 atom stereocenters. The monoisotopic (exact) mass is 280 g/mol. The Bertz CT molecular complexity index is 451. The summed E-state index contributed by atoms with van der Waals surface area (Å²) < 4.78 is 10.2. The van der Waals surface area contributed by atoms with Gasteiger partial charge in [-0.3, -0.25) is 4.79 Å². The molecule has 2 aliphatic carbocycles. The third kappa shape index (κ3) is 2.15. The molecular weight excluding hydrogens is 256 g/mol. The molecule has 0 radical (unpaired) electrons. The van der Waals surface area contributed by atoms with E-state index in [1.54, 1.807) is 0 Å². The average Bonchev–Trinajstić information content (AvgIpc) is 2.70. The molecule has 0 aliphatic heterocycles. The van der Waals surface area contributed by atoms with E-state index in [0.717, 1.165) is 12.8 Å². The molecule has 112 valence electrons. The molecule has 4 nitrogen and oxygen atoms in total. The van der Waals surface area contributed by atoms with Gasteiger partial charge in [0.25, 0.3) is 0 Å². The molecule has 2 fully saturated rings. The number of fused-ring (bicyclic) bond motifs is 2. The van der Waals surface area contributed by atoms with Crippen LogP contribution in [0.15, 0.2) is 12.2 Å². The summed E-state index contributed by atoms with van der Waals surface area (Å²) >= 11 is 0. The number of hydrogen-bond donors (Lipinski definition) is 0. The van der Waals surface area contributed by atoms with Gasteiger partial charge >= 0.3 is 11.9 Å². The van der Waals surface area contributed by atoms with Crippen LogP contribution in [0, 0.1) is 16.7 Å². The van der Waals surface area contributed by atoms with Gasteiger partial charge in [0.2, 0.25) is 0 Å². The molecular formula is C16H24O4. The molecule has 0 aromatic heterocycles. The maximum Gasteiger partial charge on any atom is 0.333 e. The second kappa shape index (κ2) is 4.90. The van der Waals surface area contributed by atoms with Crippen LogP contribution in [-0.2, 0) is 19.1 Å². The van der Waals surface area contributed by atoms with Crippen LogP contribution in [-0.4, -0.2) is 25.2 Å². The largest absolute Gasteiger partial charge is 0.466 e. The van der Waals surface area contributed by atoms with Gasteiger partial charge in [0.1, 0.15) is 6.10 Å². The van der Waals surface area contributed by atoms with E-state index in [1.165, 1.54) is 13.5 Å². The molecule has 0 aromatic carbocycles. The molecule has 2 aliphatic rings. The maximum absolute atomic E-state index is 12.0. The second-order valence-corrected chi connectivity index (χ2v) is 6.86. The molecule has 0 N–H and O–H groups in total. The molecule has 0 spiro atoms. The minimum absolute atomic E-state index is 0.0416. The Hall–Kier alpha value is -1.32. The van der Waals surface area contributed by atoms with E-state index in [0.29, 0.717) is 5.92 Å². The van der Waals surface area contributed by atoms with Crippen molar-refractivity contribution in [3.8, 4) is 0 Å². The molecule has 0 saturated heterocycles. The molecule has 0 heterocycles. The van der Waals surface area contributed by atoms with Crippen molar-refractivity contribution in [3.63, 3.8) is 0 Å². The Balaban J connectivity index is 1.97. The van der Waals surface area contributed by atoms with Gasteiger partial charge in [-0.15, -0.1) is 0 Å². The van der Waals surface area contributed by atoms with E-state index in [1.807, 2.05) is 0 Å². The number of carbonyl (C=O) groups excluding carboxylic acids is 2. The fourth-order valence-corrected chi connectivity index (χ4v) is 3.90. The topological polar surface area (TPSA) is 52.6 Å². The summed E-state index contributed by atoms with van der Waals surface area (Å²) in [7, 11) is 1.28. The highest BCUT2D eigenvalue weighted by molar-refractivity contribution is 5.93. The number of esters is 2. The number of ether oxygens (including phenoxy) is 2. The van der Waals surface area contributed by atoms with Crippen LogP contribution in [0.5, 0.6) is 0 Å². The van der Waals surface area contributed by atoms with Gasteiger partial charge in [-0.2, -0.15) is 0 Å². The fraction of sp³-hybridized carbons (Fsp3) is 0.750. The third-order valence-corrected chi connectivity index (χ3v) is 5.82. The summed E-state index contributed by atoms with van der Waals surface area (Å²) in [5.74, 6) is -0.314. The number of hydrogen-bond acceptors (Lipinski definition) is 4. The van der Waals surface area contributed by atoms with E-state index in [4.69, 9.17) is 4.74 Å². The lowest BCUT2D eigenvalue weighted by Crippen LogP contribution is -2.38. The highest BCUT2D eigenvalue weighted by atomic mass is 16.5. The smallest absolute Gasteiger partial charge is 0.333 e. The first-order valence-electron chi connectivity index (χ1n) is 7.18. The van der Waals surface area contributed by atoms with Crippen LogP contribution in [0.3, 0.4) is 0 Å². The molecule has 2 rings (SSSR count). The lowest BCUT2D eigenvalue weighted by molar-refractivity contribution is -0.157. The SMILES string of the molecule is C=C(CC(=O)O[C@@H]1C[C@H]2CC[C@]1(C)C2(C)C)C(=O)OC. The van der Waals surface area contributed by atoms with Crippen molar-refractivity contribution in [2.45, 2.75) is 52.6 Å². The Kier molecular flexibility index (Phi) is 3.69. The van der Waals surface area contributed by atoms with Crippen molar-refractivity contribution in [1.82, 2.24) is 0 Å². The van der Waals surface area contributed by atoms with Crippen molar-refractivity contribution in [1.29, 1.82) is 0 Å². The Morgan fingerprint density at radius 1 is 1.30 bits per heavy atom. The maximum atomic E-state index is 12.0. The summed E-state index contributed by atoms with van der Waals surface area (Å²) in [5.41, 5.74) is 0.391. The van der Waals surface area contributed by atoms with E-state index < -0.39 is 5.97 Å². The molecule has 20 heavy (non-hydrogen) atoms. The van der Waals surface area contributed by atoms with E-state index in [2.05, 4.69) is 32.1 Å². The summed E-state index contributed by atoms with van der Waals surface area (Å²) in [6.45, 7) is 10.3. The van der Waals surface area contributed by atoms with Gasteiger partial charge in [0, 0.05) is 11.0 Å². The van der Waals surface area contributed by atoms with Gasteiger partial charge in [-0.1, -0.05) is 27.4 Å². The van der Waals surface area contributed by atoms with Gasteiger partial charge in [0.05, 0.1) is 13.5 Å². The van der Waals surface area contributed by atoms with Gasteiger partial charge < -0.3 is 9.47 Å². The molecule has 2 bridgehead atoms. The van der Waals surface area contributed by atoms with E-state index in [9.17, 15) is 9.59 Å². The van der Waals surface area contributed by atoms with Gasteiger partial charge in [0.15, 0.2) is 0 Å². The average molecular weight is 280 g/mol. The zero-order valence-electron chi connectivity index (χ0n) is 12.8. The Morgan fingerprint density at radius 3 is 2.40 bits per heavy atom. The first-order valence-corrected chi connectivity index (χ1v) is 7.18. The summed E-state index contributed by atoms with van der Waals surface area (Å²) in [6.07, 6.45) is 3.10. The van der Waals surface area contributed by atoms with Crippen molar-refractivity contribution in [3.05, 3.63) is 12.2 Å². The number of carbonyl (C=O) groups is 2. The van der Waals surface area contributed by atoms with Gasteiger partial charge in [-0.05, 0) is 30.6 Å². The highest BCUT2D eigenvalue weighted by Crippen LogP contribution is 2.66. The molecule has 2 saturated carbocycles. The first kappa shape index (κ1) is 15.1. The zero-order valence-corrected chi connectivity index (χ0v) is 12.8. The first-order chi connectivity index (χ1) is 9.22. The van der Waals surface area contributed by atoms with Crippen molar-refractivity contribution in [2.75, 3.05) is 7.11 Å². The lowest BCUT2D eigenvalue weighted by Gasteiger charge is -2.38. The van der Waals surface area contributed by atoms with Crippen LogP contribution in [0.25, 0.3) is 0 Å². The van der Waals surface area contributed by atoms with Crippen LogP contribution >= 0.6 is 0 Å². The van der Waals surface area contributed by atoms with Crippen LogP contribution in [0.1, 0.15) is 46.5 Å². The quantitative estimate of drug-likeness (QED) is 0.587. The standard InChI is InChI=1S/C16H24O4/c1-10(14(18)19-5)8-13(17)20-12-9-11-6-7-16(12,4)15(11,2)3/h11-12H,1,6-9H2,2-5H3/t11-,12-,16+/m1/s1. The number of methoxy groups -OCH3 is 1. The van der Waals surface area contributed by atoms with Gasteiger partial charge in [-0.25, -0.2) is 4.79 Å². The Labute approximate surface area is 120 Å². The van der Waals surface area contributed by atoms with Crippen molar-refractivity contribution >= 4 is 11.9 Å². The number of rotatable bonds is 4. The summed E-state index contributed by atoms with van der Waals surface area (Å²) in [6, 6.07) is 0. The van der Waals surface area contributed by atoms with Crippen LogP contribution < -0.4 is 0 Å². The second-order valence-electron chi connectivity index (χ2n) is 6.86. The van der Waals surface area contributed by atoms with Crippen LogP contribution in [0.4, 0.5) is 0 Å².